The number of nitrogens with zero attached hydrogens (tertiary/aromatic N) is 2. The molecule has 0 radical (unpaired) electrons. The van der Waals surface area contributed by atoms with Crippen molar-refractivity contribution < 1.29 is 43.0 Å². The Balaban J connectivity index is 1.11. The molecule has 1 aromatic rings. The predicted molar refractivity (Wildman–Crippen MR) is 209 cm³/mol. The number of Topliss-reactive ketones (excluding diaryl/α,β-unsaturated/α-hetero) is 2. The van der Waals surface area contributed by atoms with Crippen LogP contribution in [0.5, 0.6) is 0 Å². The van der Waals surface area contributed by atoms with Gasteiger partial charge in [0.2, 0.25) is 17.6 Å². The molecule has 3 aliphatic carbocycles. The molecule has 56 heavy (non-hydrogen) atoms. The molecule has 5 unspecified atom stereocenters. The second kappa shape index (κ2) is 18.4. The summed E-state index contributed by atoms with van der Waals surface area (Å²) in [4.78, 5) is 82.8. The summed E-state index contributed by atoms with van der Waals surface area (Å²) < 4.78 is 16.3. The van der Waals surface area contributed by atoms with E-state index in [2.05, 4.69) is 5.32 Å². The number of hydrogen-bond donors (Lipinski definition) is 1. The lowest BCUT2D eigenvalue weighted by Crippen LogP contribution is -2.53. The number of esters is 2. The molecular weight excluding hydrogens is 714 g/mol. The smallest absolute Gasteiger partial charge is 0.329 e. The van der Waals surface area contributed by atoms with Gasteiger partial charge in [-0.3, -0.25) is 24.5 Å². The Hall–Kier alpha value is -4.16. The third-order valence-corrected chi connectivity index (χ3v) is 12.3. The van der Waals surface area contributed by atoms with Crippen molar-refractivity contribution in [3.8, 4) is 0 Å². The first-order chi connectivity index (χ1) is 26.9. The minimum Gasteiger partial charge on any atom is -0.456 e. The maximum atomic E-state index is 13.7. The van der Waals surface area contributed by atoms with Crippen LogP contribution in [0.25, 0.3) is 5.57 Å². The second-order valence-electron chi connectivity index (χ2n) is 16.8. The van der Waals surface area contributed by atoms with Gasteiger partial charge in [0.25, 0.3) is 0 Å². The summed E-state index contributed by atoms with van der Waals surface area (Å²) in [7, 11) is 1.55. The van der Waals surface area contributed by atoms with Gasteiger partial charge in [0.1, 0.15) is 12.1 Å². The highest BCUT2D eigenvalue weighted by Gasteiger charge is 2.42. The van der Waals surface area contributed by atoms with E-state index in [0.717, 1.165) is 61.6 Å². The molecule has 304 valence electrons. The molecule has 0 spiro atoms. The van der Waals surface area contributed by atoms with E-state index in [4.69, 9.17) is 14.2 Å². The first-order valence-electron chi connectivity index (χ1n) is 20.7. The standard InChI is InChI=1S/C44H59N3O9/c1-26(2)22-40(50)46-20-8-14-36(46)43(52)55-23-38(48)34-18-16-32(28-10-6-12-30(28)34)33-17-19-35(31-13-7-11-29(31)33)39(49)24-56-44(53)37-15-9-21-47(37)42(51)41(27(3)4)45-25-54-5/h16-19,26-27,29,31,36-37,41,45H,6-15,20-25H2,1-5H3. The van der Waals surface area contributed by atoms with E-state index in [-0.39, 0.29) is 67.0 Å². The van der Waals surface area contributed by atoms with Crippen molar-refractivity contribution in [3.05, 3.63) is 52.1 Å². The molecule has 2 saturated heterocycles. The molecule has 1 saturated carbocycles. The minimum atomic E-state index is -0.723. The predicted octanol–water partition coefficient (Wildman–Crippen LogP) is 5.00. The number of rotatable bonds is 16. The van der Waals surface area contributed by atoms with Crippen LogP contribution in [0.4, 0.5) is 0 Å². The molecule has 5 atom stereocenters. The zero-order valence-corrected chi connectivity index (χ0v) is 33.7. The summed E-state index contributed by atoms with van der Waals surface area (Å²) in [6.07, 6.45) is 12.0. The van der Waals surface area contributed by atoms with E-state index in [1.165, 1.54) is 5.57 Å². The van der Waals surface area contributed by atoms with Gasteiger partial charge in [-0.2, -0.15) is 0 Å². The Kier molecular flexibility index (Phi) is 13.6. The highest BCUT2D eigenvalue weighted by atomic mass is 16.5. The second-order valence-corrected chi connectivity index (χ2v) is 16.8. The van der Waals surface area contributed by atoms with Gasteiger partial charge in [0.15, 0.2) is 19.0 Å². The molecule has 5 aliphatic rings. The topological polar surface area (TPSA) is 149 Å². The summed E-state index contributed by atoms with van der Waals surface area (Å²) in [6.45, 7) is 8.30. The lowest BCUT2D eigenvalue weighted by atomic mass is 9.74. The van der Waals surface area contributed by atoms with Crippen LogP contribution in [0.2, 0.25) is 0 Å². The fourth-order valence-corrected chi connectivity index (χ4v) is 9.60. The molecule has 12 heteroatoms. The number of fused-ring (bicyclic) bond motifs is 2. The van der Waals surface area contributed by atoms with Crippen molar-refractivity contribution in [2.75, 3.05) is 40.1 Å². The molecule has 12 nitrogen and oxygen atoms in total. The van der Waals surface area contributed by atoms with Gasteiger partial charge < -0.3 is 24.0 Å². The lowest BCUT2D eigenvalue weighted by Gasteiger charge is -2.30. The third-order valence-electron chi connectivity index (χ3n) is 12.3. The number of hydrogen-bond acceptors (Lipinski definition) is 10. The Morgan fingerprint density at radius 1 is 0.750 bits per heavy atom. The van der Waals surface area contributed by atoms with Gasteiger partial charge in [-0.25, -0.2) is 9.59 Å². The quantitative estimate of drug-likeness (QED) is 0.138. The summed E-state index contributed by atoms with van der Waals surface area (Å²) >= 11 is 0. The minimum absolute atomic E-state index is 0.00441. The van der Waals surface area contributed by atoms with E-state index in [9.17, 15) is 28.8 Å². The number of ketones is 2. The molecule has 1 aromatic carbocycles. The van der Waals surface area contributed by atoms with Crippen LogP contribution in [0.1, 0.15) is 113 Å². The van der Waals surface area contributed by atoms with Crippen molar-refractivity contribution in [2.45, 2.75) is 116 Å². The van der Waals surface area contributed by atoms with Crippen molar-refractivity contribution >= 4 is 40.9 Å². The summed E-state index contributed by atoms with van der Waals surface area (Å²) in [5.74, 6) is -1.43. The fraction of sp³-hybridized carbons (Fsp3) is 0.636. The largest absolute Gasteiger partial charge is 0.456 e. The maximum Gasteiger partial charge on any atom is 0.329 e. The number of carbonyl (C=O) groups excluding carboxylic acids is 6. The summed E-state index contributed by atoms with van der Waals surface area (Å²) in [5, 5.41) is 3.11. The van der Waals surface area contributed by atoms with Crippen molar-refractivity contribution in [1.29, 1.82) is 0 Å². The number of allylic oxidation sites excluding steroid dienone is 3. The highest BCUT2D eigenvalue weighted by Crippen LogP contribution is 2.49. The lowest BCUT2D eigenvalue weighted by molar-refractivity contribution is -0.156. The van der Waals surface area contributed by atoms with Gasteiger partial charge in [-0.15, -0.1) is 0 Å². The number of methoxy groups -OCH3 is 1. The zero-order chi connectivity index (χ0) is 40.1. The van der Waals surface area contributed by atoms with Crippen LogP contribution in [0, 0.1) is 23.7 Å². The van der Waals surface area contributed by atoms with Gasteiger partial charge >= 0.3 is 11.9 Å². The Morgan fingerprint density at radius 2 is 1.39 bits per heavy atom. The summed E-state index contributed by atoms with van der Waals surface area (Å²) in [5.41, 5.74) is 5.66. The van der Waals surface area contributed by atoms with Crippen LogP contribution in [0.15, 0.2) is 29.9 Å². The Morgan fingerprint density at radius 3 is 2.07 bits per heavy atom. The molecule has 2 aliphatic heterocycles. The molecule has 0 bridgehead atoms. The van der Waals surface area contributed by atoms with Crippen LogP contribution >= 0.6 is 0 Å². The normalized spacial score (nSPS) is 23.5. The number of ether oxygens (including phenoxy) is 3. The van der Waals surface area contributed by atoms with Gasteiger partial charge in [-0.05, 0) is 104 Å². The van der Waals surface area contributed by atoms with E-state index in [1.807, 2.05) is 52.0 Å². The van der Waals surface area contributed by atoms with E-state index < -0.39 is 30.1 Å². The monoisotopic (exact) mass is 773 g/mol. The van der Waals surface area contributed by atoms with Gasteiger partial charge in [0, 0.05) is 37.8 Å². The van der Waals surface area contributed by atoms with Gasteiger partial charge in [0.05, 0.1) is 12.8 Å². The molecule has 1 N–H and O–H groups in total. The van der Waals surface area contributed by atoms with E-state index in [0.29, 0.717) is 49.9 Å². The van der Waals surface area contributed by atoms with Crippen LogP contribution in [-0.4, -0.2) is 103 Å². The number of carbonyl (C=O) groups is 6. The number of amides is 2. The van der Waals surface area contributed by atoms with Crippen molar-refractivity contribution in [3.63, 3.8) is 0 Å². The SMILES string of the molecule is COCNC(C(=O)N1CCCC1C(=O)OCC(=O)C1=CC=C(c2ccc(C(=O)COC(=O)C3CCCN3C(=O)CC(C)C)c3c2CCC3)C2CCCC12)C(C)C. The van der Waals surface area contributed by atoms with E-state index in [1.54, 1.807) is 16.9 Å². The van der Waals surface area contributed by atoms with Crippen molar-refractivity contribution in [2.24, 2.45) is 23.7 Å². The van der Waals surface area contributed by atoms with Gasteiger partial charge in [-0.1, -0.05) is 58.4 Å². The van der Waals surface area contributed by atoms with E-state index >= 15 is 0 Å². The van der Waals surface area contributed by atoms with Crippen LogP contribution in [-0.2, 0) is 51.0 Å². The van der Waals surface area contributed by atoms with Crippen LogP contribution < -0.4 is 5.32 Å². The highest BCUT2D eigenvalue weighted by molar-refractivity contribution is 6.02. The Labute approximate surface area is 330 Å². The van der Waals surface area contributed by atoms with Crippen LogP contribution in [0.3, 0.4) is 0 Å². The van der Waals surface area contributed by atoms with Crippen molar-refractivity contribution in [1.82, 2.24) is 15.1 Å². The first-order valence-corrected chi connectivity index (χ1v) is 20.7. The number of nitrogens with one attached hydrogen (secondary N) is 1. The molecule has 0 aromatic heterocycles. The number of likely N-dealkylation sites (tertiary alicyclic amines) is 2. The number of benzene rings is 1. The maximum absolute atomic E-state index is 13.7. The molecule has 3 fully saturated rings. The molecule has 2 heterocycles. The molecule has 6 rings (SSSR count). The fourth-order valence-electron chi connectivity index (χ4n) is 9.60. The first kappa shape index (κ1) is 41.5. The zero-order valence-electron chi connectivity index (χ0n) is 33.7. The summed E-state index contributed by atoms with van der Waals surface area (Å²) in [6, 6.07) is 2.00. The average molecular weight is 774 g/mol. The third kappa shape index (κ3) is 8.86. The Bertz CT molecular complexity index is 1760. The molecule has 2 amide bonds. The molecular formula is C44H59N3O9. The average Bonchev–Trinajstić information content (AvgIpc) is 4.01.